The molecule has 0 aromatic carbocycles. The first-order valence-electron chi connectivity index (χ1n) is 7.98. The highest BCUT2D eigenvalue weighted by atomic mass is 32.2. The second-order valence-electron chi connectivity index (χ2n) is 5.98. The Morgan fingerprint density at radius 1 is 1.38 bits per heavy atom. The van der Waals surface area contributed by atoms with Gasteiger partial charge in [0, 0.05) is 32.9 Å². The van der Waals surface area contributed by atoms with Crippen LogP contribution in [0.3, 0.4) is 0 Å². The number of sulfonamides is 1. The van der Waals surface area contributed by atoms with E-state index in [-0.39, 0.29) is 17.5 Å². The zero-order valence-electron chi connectivity index (χ0n) is 14.4. The van der Waals surface area contributed by atoms with Crippen LogP contribution in [-0.2, 0) is 28.4 Å². The first kappa shape index (κ1) is 17.1. The van der Waals surface area contributed by atoms with Gasteiger partial charge in [-0.15, -0.1) is 0 Å². The molecule has 0 aliphatic carbocycles. The minimum absolute atomic E-state index is 0.253. The van der Waals surface area contributed by atoms with Crippen molar-refractivity contribution in [1.82, 2.24) is 23.6 Å². The quantitative estimate of drug-likeness (QED) is 0.819. The molecule has 0 N–H and O–H groups in total. The second kappa shape index (κ2) is 6.30. The number of aromatic nitrogens is 4. The highest BCUT2D eigenvalue weighted by Gasteiger charge is 2.35. The number of rotatable bonds is 4. The van der Waals surface area contributed by atoms with Crippen LogP contribution in [0.2, 0.25) is 0 Å². The molecule has 1 atom stereocenters. The highest BCUT2D eigenvalue weighted by molar-refractivity contribution is 7.89. The minimum Gasteiger partial charge on any atom is -0.368 e. The molecule has 132 valence electrons. The van der Waals surface area contributed by atoms with Crippen LogP contribution in [0, 0.1) is 13.8 Å². The summed E-state index contributed by atoms with van der Waals surface area (Å²) in [7, 11) is -1.71. The van der Waals surface area contributed by atoms with E-state index in [0.717, 1.165) is 11.5 Å². The van der Waals surface area contributed by atoms with E-state index in [0.29, 0.717) is 25.4 Å². The Kier molecular flexibility index (Phi) is 4.50. The molecule has 8 nitrogen and oxygen atoms in total. The third-order valence-corrected chi connectivity index (χ3v) is 6.29. The molecule has 0 spiro atoms. The van der Waals surface area contributed by atoms with Crippen molar-refractivity contribution in [2.45, 2.75) is 38.3 Å². The first-order valence-corrected chi connectivity index (χ1v) is 9.42. The Morgan fingerprint density at radius 2 is 2.12 bits per heavy atom. The van der Waals surface area contributed by atoms with E-state index in [9.17, 15) is 8.42 Å². The molecular weight excluding hydrogens is 330 g/mol. The lowest BCUT2D eigenvalue weighted by molar-refractivity contribution is -0.00895. The molecule has 2 aromatic heterocycles. The molecule has 0 bridgehead atoms. The number of ether oxygens (including phenoxy) is 1. The van der Waals surface area contributed by atoms with Crippen molar-refractivity contribution in [1.29, 1.82) is 0 Å². The molecule has 3 rings (SSSR count). The summed E-state index contributed by atoms with van der Waals surface area (Å²) in [6.07, 6.45) is 2.97. The average Bonchev–Trinajstić information content (AvgIpc) is 3.09. The van der Waals surface area contributed by atoms with Crippen LogP contribution in [0.15, 0.2) is 17.3 Å². The van der Waals surface area contributed by atoms with Gasteiger partial charge in [0.05, 0.1) is 24.2 Å². The van der Waals surface area contributed by atoms with Crippen molar-refractivity contribution in [3.63, 3.8) is 0 Å². The van der Waals surface area contributed by atoms with Crippen LogP contribution in [0.4, 0.5) is 0 Å². The Balaban J connectivity index is 1.88. The molecule has 24 heavy (non-hydrogen) atoms. The van der Waals surface area contributed by atoms with Gasteiger partial charge < -0.3 is 9.30 Å². The fourth-order valence-corrected chi connectivity index (χ4v) is 4.66. The number of nitrogens with zero attached hydrogens (tertiary/aromatic N) is 5. The van der Waals surface area contributed by atoms with E-state index in [1.54, 1.807) is 11.6 Å². The van der Waals surface area contributed by atoms with E-state index in [1.807, 2.05) is 31.7 Å². The molecule has 1 saturated heterocycles. The zero-order chi connectivity index (χ0) is 17.5. The van der Waals surface area contributed by atoms with Crippen molar-refractivity contribution < 1.29 is 13.2 Å². The Labute approximate surface area is 142 Å². The highest BCUT2D eigenvalue weighted by Crippen LogP contribution is 2.27. The zero-order valence-corrected chi connectivity index (χ0v) is 15.2. The average molecular weight is 353 g/mol. The maximum absolute atomic E-state index is 13.0. The number of hydrogen-bond acceptors (Lipinski definition) is 5. The Bertz CT molecular complexity index is 839. The second-order valence-corrected chi connectivity index (χ2v) is 7.89. The Hall–Kier alpha value is -1.71. The monoisotopic (exact) mass is 353 g/mol. The molecular formula is C15H23N5O3S. The lowest BCUT2D eigenvalue weighted by atomic mass is 10.3. The van der Waals surface area contributed by atoms with Gasteiger partial charge >= 0.3 is 0 Å². The van der Waals surface area contributed by atoms with Gasteiger partial charge in [0.2, 0.25) is 10.0 Å². The van der Waals surface area contributed by atoms with E-state index in [4.69, 9.17) is 4.74 Å². The van der Waals surface area contributed by atoms with Crippen molar-refractivity contribution >= 4 is 10.0 Å². The van der Waals surface area contributed by atoms with Crippen molar-refractivity contribution in [3.8, 4) is 0 Å². The van der Waals surface area contributed by atoms with Gasteiger partial charge in [0.1, 0.15) is 16.8 Å². The fraction of sp³-hybridized carbons (Fsp3) is 0.600. The Morgan fingerprint density at radius 3 is 2.71 bits per heavy atom. The molecule has 2 aromatic rings. The summed E-state index contributed by atoms with van der Waals surface area (Å²) in [6, 6.07) is 0. The van der Waals surface area contributed by atoms with E-state index >= 15 is 0 Å². The summed E-state index contributed by atoms with van der Waals surface area (Å²) in [5.74, 6) is 0.744. The maximum Gasteiger partial charge on any atom is 0.246 e. The van der Waals surface area contributed by atoms with Crippen LogP contribution in [0.25, 0.3) is 0 Å². The summed E-state index contributed by atoms with van der Waals surface area (Å²) < 4.78 is 36.8. The molecule has 3 heterocycles. The summed E-state index contributed by atoms with van der Waals surface area (Å²) in [6.45, 7) is 7.19. The van der Waals surface area contributed by atoms with Gasteiger partial charge in [-0.2, -0.15) is 9.40 Å². The van der Waals surface area contributed by atoms with Gasteiger partial charge in [-0.05, 0) is 20.8 Å². The third kappa shape index (κ3) is 2.87. The summed E-state index contributed by atoms with van der Waals surface area (Å²) in [4.78, 5) is 4.72. The molecule has 1 unspecified atom stereocenters. The van der Waals surface area contributed by atoms with Gasteiger partial charge in [0.25, 0.3) is 0 Å². The topological polar surface area (TPSA) is 82.2 Å². The molecule has 1 aliphatic rings. The van der Waals surface area contributed by atoms with Crippen LogP contribution >= 0.6 is 0 Å². The molecule has 0 radical (unpaired) electrons. The number of aryl methyl sites for hydroxylation is 3. The van der Waals surface area contributed by atoms with Crippen molar-refractivity contribution in [3.05, 3.63) is 29.6 Å². The normalized spacial score (nSPS) is 19.8. The van der Waals surface area contributed by atoms with Crippen molar-refractivity contribution in [2.75, 3.05) is 19.7 Å². The molecule has 1 fully saturated rings. The molecule has 9 heteroatoms. The van der Waals surface area contributed by atoms with E-state index in [2.05, 4.69) is 10.1 Å². The summed E-state index contributed by atoms with van der Waals surface area (Å²) >= 11 is 0. The van der Waals surface area contributed by atoms with E-state index in [1.165, 1.54) is 10.5 Å². The van der Waals surface area contributed by atoms with Gasteiger partial charge in [0.15, 0.2) is 0 Å². The van der Waals surface area contributed by atoms with Crippen LogP contribution < -0.4 is 0 Å². The smallest absolute Gasteiger partial charge is 0.246 e. The largest absolute Gasteiger partial charge is 0.368 e. The summed E-state index contributed by atoms with van der Waals surface area (Å²) in [5.41, 5.74) is 1.55. The molecule has 1 aliphatic heterocycles. The number of morpholine rings is 1. The predicted molar refractivity (Wildman–Crippen MR) is 88.0 cm³/mol. The number of hydrogen-bond donors (Lipinski definition) is 0. The predicted octanol–water partition coefficient (Wildman–Crippen LogP) is 1.02. The third-order valence-electron chi connectivity index (χ3n) is 4.33. The lowest BCUT2D eigenvalue weighted by Gasteiger charge is -2.31. The van der Waals surface area contributed by atoms with Crippen molar-refractivity contribution in [2.24, 2.45) is 7.05 Å². The van der Waals surface area contributed by atoms with Crippen LogP contribution in [0.1, 0.15) is 30.2 Å². The molecule has 0 amide bonds. The minimum atomic E-state index is -3.60. The van der Waals surface area contributed by atoms with Crippen LogP contribution in [0.5, 0.6) is 0 Å². The van der Waals surface area contributed by atoms with Gasteiger partial charge in [-0.25, -0.2) is 13.4 Å². The van der Waals surface area contributed by atoms with Gasteiger partial charge in [-0.3, -0.25) is 4.68 Å². The lowest BCUT2D eigenvalue weighted by Crippen LogP contribution is -2.42. The van der Waals surface area contributed by atoms with Gasteiger partial charge in [-0.1, -0.05) is 0 Å². The summed E-state index contributed by atoms with van der Waals surface area (Å²) in [5, 5.41) is 4.15. The number of imidazole rings is 1. The van der Waals surface area contributed by atoms with Crippen LogP contribution in [-0.4, -0.2) is 51.8 Å². The standard InChI is InChI=1S/C15H23N5O3S/c1-5-20-12(3)14(8-16-20)24(21,22)19-6-7-23-13(10-19)15-17-11(2)9-18(15)4/h8-9,13H,5-7,10H2,1-4H3. The first-order chi connectivity index (χ1) is 11.3. The molecule has 0 saturated carbocycles. The van der Waals surface area contributed by atoms with E-state index < -0.39 is 10.0 Å². The maximum atomic E-state index is 13.0. The SMILES string of the molecule is CCn1ncc(S(=O)(=O)N2CCOC(c3nc(C)cn3C)C2)c1C. The fourth-order valence-electron chi connectivity index (χ4n) is 3.07.